The van der Waals surface area contributed by atoms with E-state index in [2.05, 4.69) is 20.8 Å². The van der Waals surface area contributed by atoms with Gasteiger partial charge in [-0.25, -0.2) is 0 Å². The average molecular weight is 126 g/mol. The first kappa shape index (κ1) is 7.11. The van der Waals surface area contributed by atoms with Gasteiger partial charge in [0.05, 0.1) is 0 Å². The van der Waals surface area contributed by atoms with Gasteiger partial charge in [0.2, 0.25) is 0 Å². The Labute approximate surface area is 58.7 Å². The number of hydrogen-bond acceptors (Lipinski definition) is 0. The number of rotatable bonds is 1. The minimum Gasteiger partial charge on any atom is -0.0651 e. The first-order valence-corrected chi connectivity index (χ1v) is 4.17. The van der Waals surface area contributed by atoms with Crippen molar-refractivity contribution >= 4 is 0 Å². The standard InChI is InChI=1S/C9H18/c1-4-8-6-5-7-9(8,2)3/h8H,4-7H2,1-3H3/t8-/m0/s1. The van der Waals surface area contributed by atoms with E-state index in [-0.39, 0.29) is 0 Å². The number of hydrogen-bond donors (Lipinski definition) is 0. The van der Waals surface area contributed by atoms with Crippen LogP contribution in [0.2, 0.25) is 0 Å². The Morgan fingerprint density at radius 2 is 2.11 bits per heavy atom. The summed E-state index contributed by atoms with van der Waals surface area (Å²) in [6, 6.07) is 0. The lowest BCUT2D eigenvalue weighted by atomic mass is 9.80. The summed E-state index contributed by atoms with van der Waals surface area (Å²) in [6.45, 7) is 7.14. The summed E-state index contributed by atoms with van der Waals surface area (Å²) >= 11 is 0. The summed E-state index contributed by atoms with van der Waals surface area (Å²) in [5, 5.41) is 0. The van der Waals surface area contributed by atoms with Gasteiger partial charge in [0, 0.05) is 0 Å². The highest BCUT2D eigenvalue weighted by molar-refractivity contribution is 4.83. The van der Waals surface area contributed by atoms with Gasteiger partial charge in [-0.15, -0.1) is 0 Å². The second kappa shape index (κ2) is 2.32. The Balaban J connectivity index is 2.52. The van der Waals surface area contributed by atoms with Crippen LogP contribution in [-0.4, -0.2) is 0 Å². The summed E-state index contributed by atoms with van der Waals surface area (Å²) in [6.07, 6.45) is 5.77. The van der Waals surface area contributed by atoms with E-state index in [4.69, 9.17) is 0 Å². The van der Waals surface area contributed by atoms with Crippen molar-refractivity contribution in [2.75, 3.05) is 0 Å². The van der Waals surface area contributed by atoms with Crippen molar-refractivity contribution < 1.29 is 0 Å². The third kappa shape index (κ3) is 1.28. The molecule has 0 unspecified atom stereocenters. The van der Waals surface area contributed by atoms with Gasteiger partial charge in [-0.2, -0.15) is 0 Å². The molecule has 0 saturated heterocycles. The van der Waals surface area contributed by atoms with Gasteiger partial charge in [-0.1, -0.05) is 33.6 Å². The fourth-order valence-corrected chi connectivity index (χ4v) is 2.16. The van der Waals surface area contributed by atoms with E-state index in [0.717, 1.165) is 5.92 Å². The highest BCUT2D eigenvalue weighted by atomic mass is 14.4. The topological polar surface area (TPSA) is 0 Å². The van der Waals surface area contributed by atoms with Crippen molar-refractivity contribution in [2.24, 2.45) is 11.3 Å². The molecule has 0 aromatic heterocycles. The Kier molecular flexibility index (Phi) is 1.83. The average Bonchev–Trinajstić information content (AvgIpc) is 2.08. The highest BCUT2D eigenvalue weighted by Gasteiger charge is 2.32. The summed E-state index contributed by atoms with van der Waals surface area (Å²) in [5.74, 6) is 1.01. The molecule has 1 fully saturated rings. The maximum atomic E-state index is 2.41. The van der Waals surface area contributed by atoms with Crippen LogP contribution in [0.1, 0.15) is 46.5 Å². The molecule has 0 heterocycles. The molecule has 0 aromatic rings. The quantitative estimate of drug-likeness (QED) is 0.506. The molecule has 0 aliphatic heterocycles. The Morgan fingerprint density at radius 3 is 2.33 bits per heavy atom. The van der Waals surface area contributed by atoms with Crippen LogP contribution in [0.3, 0.4) is 0 Å². The molecule has 1 rings (SSSR count). The van der Waals surface area contributed by atoms with E-state index in [1.165, 1.54) is 25.7 Å². The van der Waals surface area contributed by atoms with Gasteiger partial charge in [0.1, 0.15) is 0 Å². The lowest BCUT2D eigenvalue weighted by molar-refractivity contribution is 0.253. The van der Waals surface area contributed by atoms with Crippen molar-refractivity contribution in [3.63, 3.8) is 0 Å². The summed E-state index contributed by atoms with van der Waals surface area (Å²) in [5.41, 5.74) is 0.661. The first-order chi connectivity index (χ1) is 4.17. The molecule has 1 saturated carbocycles. The lowest BCUT2D eigenvalue weighted by Gasteiger charge is -2.25. The zero-order chi connectivity index (χ0) is 6.91. The van der Waals surface area contributed by atoms with Crippen molar-refractivity contribution in [1.82, 2.24) is 0 Å². The summed E-state index contributed by atoms with van der Waals surface area (Å²) < 4.78 is 0. The van der Waals surface area contributed by atoms with Gasteiger partial charge in [0.25, 0.3) is 0 Å². The molecule has 0 heteroatoms. The third-order valence-corrected chi connectivity index (χ3v) is 2.97. The first-order valence-electron chi connectivity index (χ1n) is 4.17. The maximum Gasteiger partial charge on any atom is -0.0326 e. The summed E-state index contributed by atoms with van der Waals surface area (Å²) in [7, 11) is 0. The van der Waals surface area contributed by atoms with Crippen LogP contribution in [0, 0.1) is 11.3 Å². The molecule has 0 aromatic carbocycles. The van der Waals surface area contributed by atoms with E-state index in [1.807, 2.05) is 0 Å². The van der Waals surface area contributed by atoms with Gasteiger partial charge < -0.3 is 0 Å². The molecular formula is C9H18. The predicted molar refractivity (Wildman–Crippen MR) is 41.4 cm³/mol. The van der Waals surface area contributed by atoms with Crippen LogP contribution in [0.4, 0.5) is 0 Å². The molecule has 0 radical (unpaired) electrons. The maximum absolute atomic E-state index is 2.41. The van der Waals surface area contributed by atoms with E-state index in [9.17, 15) is 0 Å². The van der Waals surface area contributed by atoms with Crippen molar-refractivity contribution in [2.45, 2.75) is 46.5 Å². The van der Waals surface area contributed by atoms with Crippen LogP contribution >= 0.6 is 0 Å². The van der Waals surface area contributed by atoms with Gasteiger partial charge in [0.15, 0.2) is 0 Å². The molecular weight excluding hydrogens is 108 g/mol. The van der Waals surface area contributed by atoms with E-state index < -0.39 is 0 Å². The zero-order valence-electron chi connectivity index (χ0n) is 6.91. The minimum absolute atomic E-state index is 0.661. The monoisotopic (exact) mass is 126 g/mol. The SMILES string of the molecule is CC[C@H]1CCCC1(C)C. The minimum atomic E-state index is 0.661. The fourth-order valence-electron chi connectivity index (χ4n) is 2.16. The predicted octanol–water partition coefficient (Wildman–Crippen LogP) is 3.22. The Morgan fingerprint density at radius 1 is 1.44 bits per heavy atom. The normalized spacial score (nSPS) is 33.0. The van der Waals surface area contributed by atoms with Crippen LogP contribution in [0.5, 0.6) is 0 Å². The van der Waals surface area contributed by atoms with Crippen molar-refractivity contribution in [3.05, 3.63) is 0 Å². The second-order valence-corrected chi connectivity index (χ2v) is 3.99. The molecule has 0 spiro atoms. The molecule has 54 valence electrons. The van der Waals surface area contributed by atoms with Gasteiger partial charge in [-0.3, -0.25) is 0 Å². The summed E-state index contributed by atoms with van der Waals surface area (Å²) in [4.78, 5) is 0. The molecule has 0 amide bonds. The third-order valence-electron chi connectivity index (χ3n) is 2.97. The van der Waals surface area contributed by atoms with Crippen LogP contribution < -0.4 is 0 Å². The smallest absolute Gasteiger partial charge is 0.0326 e. The second-order valence-electron chi connectivity index (χ2n) is 3.99. The molecule has 0 bridgehead atoms. The van der Waals surface area contributed by atoms with Crippen molar-refractivity contribution in [3.8, 4) is 0 Å². The van der Waals surface area contributed by atoms with Gasteiger partial charge in [-0.05, 0) is 24.2 Å². The van der Waals surface area contributed by atoms with E-state index in [1.54, 1.807) is 0 Å². The Bertz CT molecular complexity index is 92.2. The molecule has 1 aliphatic carbocycles. The molecule has 0 nitrogen and oxygen atoms in total. The van der Waals surface area contributed by atoms with E-state index >= 15 is 0 Å². The van der Waals surface area contributed by atoms with Crippen molar-refractivity contribution in [1.29, 1.82) is 0 Å². The fraction of sp³-hybridized carbons (Fsp3) is 1.00. The van der Waals surface area contributed by atoms with Crippen LogP contribution in [0.15, 0.2) is 0 Å². The molecule has 0 N–H and O–H groups in total. The van der Waals surface area contributed by atoms with E-state index in [0.29, 0.717) is 5.41 Å². The lowest BCUT2D eigenvalue weighted by Crippen LogP contribution is -2.15. The Hall–Kier alpha value is 0. The van der Waals surface area contributed by atoms with Crippen LogP contribution in [-0.2, 0) is 0 Å². The zero-order valence-corrected chi connectivity index (χ0v) is 6.91. The largest absolute Gasteiger partial charge is 0.0651 e. The molecule has 1 aliphatic rings. The van der Waals surface area contributed by atoms with Gasteiger partial charge >= 0.3 is 0 Å². The molecule has 9 heavy (non-hydrogen) atoms. The van der Waals surface area contributed by atoms with Crippen LogP contribution in [0.25, 0.3) is 0 Å². The molecule has 1 atom stereocenters. The highest BCUT2D eigenvalue weighted by Crippen LogP contribution is 2.43.